The van der Waals surface area contributed by atoms with Crippen LogP contribution in [-0.2, 0) is 0 Å². The monoisotopic (exact) mass is 256 g/mol. The fraction of sp³-hybridized carbons (Fsp3) is 0.143. The van der Waals surface area contributed by atoms with E-state index in [-0.39, 0.29) is 11.5 Å². The molecule has 0 aliphatic rings. The lowest BCUT2D eigenvalue weighted by atomic mass is 10.00. The SMILES string of the molecule is Cc1cc(C(=O)c2ccc([N+](=O)[O-])cc2)c(C)cn1. The van der Waals surface area contributed by atoms with Crippen LogP contribution in [0.25, 0.3) is 0 Å². The predicted octanol–water partition coefficient (Wildman–Crippen LogP) is 2.84. The Bertz CT molecular complexity index is 648. The molecule has 5 nitrogen and oxygen atoms in total. The maximum absolute atomic E-state index is 12.3. The topological polar surface area (TPSA) is 73.1 Å². The van der Waals surface area contributed by atoms with E-state index >= 15 is 0 Å². The van der Waals surface area contributed by atoms with E-state index < -0.39 is 4.92 Å². The molecule has 0 aliphatic carbocycles. The van der Waals surface area contributed by atoms with Gasteiger partial charge in [0.2, 0.25) is 0 Å². The number of nitro benzene ring substituents is 1. The molecule has 2 rings (SSSR count). The van der Waals surface area contributed by atoms with Gasteiger partial charge >= 0.3 is 0 Å². The number of carbonyl (C=O) groups is 1. The smallest absolute Gasteiger partial charge is 0.269 e. The molecule has 1 heterocycles. The highest BCUT2D eigenvalue weighted by Crippen LogP contribution is 2.17. The third kappa shape index (κ3) is 2.65. The minimum atomic E-state index is -0.490. The number of rotatable bonds is 3. The molecule has 0 atom stereocenters. The van der Waals surface area contributed by atoms with Crippen LogP contribution < -0.4 is 0 Å². The van der Waals surface area contributed by atoms with Gasteiger partial charge < -0.3 is 0 Å². The maximum Gasteiger partial charge on any atom is 0.269 e. The Kier molecular flexibility index (Phi) is 3.37. The molecule has 0 unspecified atom stereocenters. The number of aryl methyl sites for hydroxylation is 2. The van der Waals surface area contributed by atoms with E-state index in [0.717, 1.165) is 11.3 Å². The average Bonchev–Trinajstić information content (AvgIpc) is 2.41. The van der Waals surface area contributed by atoms with Gasteiger partial charge in [-0.1, -0.05) is 0 Å². The number of hydrogen-bond acceptors (Lipinski definition) is 4. The highest BCUT2D eigenvalue weighted by atomic mass is 16.6. The van der Waals surface area contributed by atoms with Gasteiger partial charge in [-0.05, 0) is 37.6 Å². The van der Waals surface area contributed by atoms with E-state index in [9.17, 15) is 14.9 Å². The van der Waals surface area contributed by atoms with Crippen molar-refractivity contribution in [1.82, 2.24) is 4.98 Å². The van der Waals surface area contributed by atoms with Crippen molar-refractivity contribution >= 4 is 11.5 Å². The van der Waals surface area contributed by atoms with Crippen molar-refractivity contribution in [3.63, 3.8) is 0 Å². The van der Waals surface area contributed by atoms with E-state index in [0.29, 0.717) is 11.1 Å². The van der Waals surface area contributed by atoms with Crippen molar-refractivity contribution in [3.8, 4) is 0 Å². The molecule has 0 aliphatic heterocycles. The summed E-state index contributed by atoms with van der Waals surface area (Å²) in [6.07, 6.45) is 1.65. The van der Waals surface area contributed by atoms with E-state index in [1.165, 1.54) is 24.3 Å². The molecule has 96 valence electrons. The first kappa shape index (κ1) is 12.9. The number of pyridine rings is 1. The van der Waals surface area contributed by atoms with E-state index in [1.54, 1.807) is 12.3 Å². The van der Waals surface area contributed by atoms with Crippen LogP contribution in [0.2, 0.25) is 0 Å². The summed E-state index contributed by atoms with van der Waals surface area (Å²) in [6.45, 7) is 3.62. The van der Waals surface area contributed by atoms with Gasteiger partial charge in [-0.3, -0.25) is 19.9 Å². The Morgan fingerprint density at radius 3 is 2.42 bits per heavy atom. The molecule has 2 aromatic rings. The second-order valence-corrected chi connectivity index (χ2v) is 4.27. The van der Waals surface area contributed by atoms with Gasteiger partial charge in [0.15, 0.2) is 5.78 Å². The first-order valence-electron chi connectivity index (χ1n) is 5.71. The highest BCUT2D eigenvalue weighted by molar-refractivity contribution is 6.09. The zero-order chi connectivity index (χ0) is 14.0. The summed E-state index contributed by atoms with van der Waals surface area (Å²) < 4.78 is 0. The lowest BCUT2D eigenvalue weighted by molar-refractivity contribution is -0.384. The number of ketones is 1. The maximum atomic E-state index is 12.3. The van der Waals surface area contributed by atoms with Gasteiger partial charge in [-0.25, -0.2) is 0 Å². The summed E-state index contributed by atoms with van der Waals surface area (Å²) in [7, 11) is 0. The van der Waals surface area contributed by atoms with Gasteiger partial charge in [0.25, 0.3) is 5.69 Å². The van der Waals surface area contributed by atoms with Crippen molar-refractivity contribution < 1.29 is 9.72 Å². The summed E-state index contributed by atoms with van der Waals surface area (Å²) >= 11 is 0. The van der Waals surface area contributed by atoms with E-state index in [1.807, 2.05) is 13.8 Å². The standard InChI is InChI=1S/C14H12N2O3/c1-9-8-15-10(2)7-13(9)14(17)11-3-5-12(6-4-11)16(18)19/h3-8H,1-2H3. The Labute approximate surface area is 110 Å². The van der Waals surface area contributed by atoms with Crippen LogP contribution in [0.3, 0.4) is 0 Å². The molecule has 1 aromatic heterocycles. The zero-order valence-electron chi connectivity index (χ0n) is 10.6. The molecule has 0 amide bonds. The Hall–Kier alpha value is -2.56. The van der Waals surface area contributed by atoms with Crippen LogP contribution >= 0.6 is 0 Å². The Morgan fingerprint density at radius 2 is 1.84 bits per heavy atom. The van der Waals surface area contributed by atoms with Crippen molar-refractivity contribution in [3.05, 3.63) is 69.0 Å². The second kappa shape index (κ2) is 4.97. The van der Waals surface area contributed by atoms with E-state index in [4.69, 9.17) is 0 Å². The van der Waals surface area contributed by atoms with Crippen LogP contribution in [0.5, 0.6) is 0 Å². The minimum Gasteiger partial charge on any atom is -0.289 e. The lowest BCUT2D eigenvalue weighted by Crippen LogP contribution is -2.05. The molecule has 5 heteroatoms. The fourth-order valence-corrected chi connectivity index (χ4v) is 1.76. The average molecular weight is 256 g/mol. The quantitative estimate of drug-likeness (QED) is 0.481. The summed E-state index contributed by atoms with van der Waals surface area (Å²) in [5.74, 6) is -0.155. The molecular weight excluding hydrogens is 244 g/mol. The van der Waals surface area contributed by atoms with E-state index in [2.05, 4.69) is 4.98 Å². The summed E-state index contributed by atoms with van der Waals surface area (Å²) in [5, 5.41) is 10.6. The van der Waals surface area contributed by atoms with Gasteiger partial charge in [-0.15, -0.1) is 0 Å². The van der Waals surface area contributed by atoms with Crippen LogP contribution in [0.4, 0.5) is 5.69 Å². The first-order chi connectivity index (χ1) is 8.99. The number of hydrogen-bond donors (Lipinski definition) is 0. The second-order valence-electron chi connectivity index (χ2n) is 4.27. The number of carbonyl (C=O) groups excluding carboxylic acids is 1. The van der Waals surface area contributed by atoms with Gasteiger partial charge in [-0.2, -0.15) is 0 Å². The highest BCUT2D eigenvalue weighted by Gasteiger charge is 2.14. The van der Waals surface area contributed by atoms with Gasteiger partial charge in [0.05, 0.1) is 4.92 Å². The molecule has 0 saturated carbocycles. The molecule has 0 radical (unpaired) electrons. The molecule has 0 bridgehead atoms. The largest absolute Gasteiger partial charge is 0.289 e. The third-order valence-corrected chi connectivity index (χ3v) is 2.82. The Morgan fingerprint density at radius 1 is 1.21 bits per heavy atom. The van der Waals surface area contributed by atoms with Crippen molar-refractivity contribution in [1.29, 1.82) is 0 Å². The van der Waals surface area contributed by atoms with Crippen LogP contribution in [0.15, 0.2) is 36.5 Å². The van der Waals surface area contributed by atoms with Crippen molar-refractivity contribution in [2.45, 2.75) is 13.8 Å². The fourth-order valence-electron chi connectivity index (χ4n) is 1.76. The summed E-state index contributed by atoms with van der Waals surface area (Å²) in [4.78, 5) is 26.5. The number of nitro groups is 1. The van der Waals surface area contributed by atoms with Crippen LogP contribution in [0, 0.1) is 24.0 Å². The lowest BCUT2D eigenvalue weighted by Gasteiger charge is -2.05. The van der Waals surface area contributed by atoms with Crippen LogP contribution in [0.1, 0.15) is 27.2 Å². The number of benzene rings is 1. The summed E-state index contributed by atoms with van der Waals surface area (Å²) in [5.41, 5.74) is 2.52. The van der Waals surface area contributed by atoms with Gasteiger partial charge in [0, 0.05) is 35.2 Å². The predicted molar refractivity (Wildman–Crippen MR) is 70.2 cm³/mol. The molecule has 0 spiro atoms. The number of nitrogens with zero attached hydrogens (tertiary/aromatic N) is 2. The van der Waals surface area contributed by atoms with Gasteiger partial charge in [0.1, 0.15) is 0 Å². The normalized spacial score (nSPS) is 10.2. The molecule has 0 N–H and O–H groups in total. The molecule has 19 heavy (non-hydrogen) atoms. The third-order valence-electron chi connectivity index (χ3n) is 2.82. The first-order valence-corrected chi connectivity index (χ1v) is 5.71. The Balaban J connectivity index is 2.38. The number of non-ortho nitro benzene ring substituents is 1. The van der Waals surface area contributed by atoms with Crippen molar-refractivity contribution in [2.75, 3.05) is 0 Å². The molecule has 0 fully saturated rings. The molecule has 1 aromatic carbocycles. The minimum absolute atomic E-state index is 0.0285. The van der Waals surface area contributed by atoms with Crippen molar-refractivity contribution in [2.24, 2.45) is 0 Å². The molecule has 0 saturated heterocycles. The van der Waals surface area contributed by atoms with Crippen LogP contribution in [-0.4, -0.2) is 15.7 Å². The summed E-state index contributed by atoms with van der Waals surface area (Å²) in [6, 6.07) is 7.32. The zero-order valence-corrected chi connectivity index (χ0v) is 10.6. The molecular formula is C14H12N2O3. The number of aromatic nitrogens is 1.